The van der Waals surface area contributed by atoms with Crippen molar-refractivity contribution in [1.82, 2.24) is 4.90 Å². The van der Waals surface area contributed by atoms with E-state index >= 15 is 0 Å². The van der Waals surface area contributed by atoms with Gasteiger partial charge in [0.1, 0.15) is 29.6 Å². The molecule has 0 aromatic rings. The Kier molecular flexibility index (Phi) is 20.7. The summed E-state index contributed by atoms with van der Waals surface area (Å²) in [5.41, 5.74) is -0.343. The second kappa shape index (κ2) is 24.8. The summed E-state index contributed by atoms with van der Waals surface area (Å²) in [4.78, 5) is 72.6. The van der Waals surface area contributed by atoms with E-state index in [2.05, 4.69) is 0 Å². The molecule has 4 aliphatic rings. The Hall–Kier alpha value is -3.37. The molecule has 14 nitrogen and oxygen atoms in total. The first kappa shape index (κ1) is 55.2. The van der Waals surface area contributed by atoms with Crippen LogP contribution in [-0.4, -0.2) is 131 Å². The number of ketones is 3. The number of carbonyl (C=O) groups excluding carboxylic acids is 5. The van der Waals surface area contributed by atoms with Gasteiger partial charge in [0.25, 0.3) is 11.7 Å². The number of aliphatic hydroxyl groups excluding tert-OH is 2. The fourth-order valence-electron chi connectivity index (χ4n) is 10.4. The van der Waals surface area contributed by atoms with Crippen molar-refractivity contribution < 1.29 is 63.0 Å². The largest absolute Gasteiger partial charge is 0.460 e. The molecule has 3 N–H and O–H groups in total. The molecular weight excluding hydrogens is 847 g/mol. The van der Waals surface area contributed by atoms with Gasteiger partial charge in [0.05, 0.1) is 24.4 Å². The minimum absolute atomic E-state index is 0.0171. The minimum Gasteiger partial charge on any atom is -0.460 e. The van der Waals surface area contributed by atoms with Crippen LogP contribution in [0, 0.1) is 35.5 Å². The molecule has 15 atom stereocenters. The highest BCUT2D eigenvalue weighted by molar-refractivity contribution is 6.39. The molecule has 3 aliphatic heterocycles. The first-order chi connectivity index (χ1) is 31.1. The second-order valence-corrected chi connectivity index (χ2v) is 20.2. The number of aliphatic hydroxyl groups is 3. The number of hydrogen-bond acceptors (Lipinski definition) is 13. The van der Waals surface area contributed by atoms with E-state index in [1.807, 2.05) is 58.1 Å². The third-order valence-corrected chi connectivity index (χ3v) is 15.0. The maximum Gasteiger partial charge on any atom is 0.332 e. The third-order valence-electron chi connectivity index (χ3n) is 15.0. The van der Waals surface area contributed by atoms with E-state index in [9.17, 15) is 39.3 Å². The van der Waals surface area contributed by atoms with Crippen LogP contribution in [0.5, 0.6) is 0 Å². The monoisotopic (exact) mass is 928 g/mol. The number of hydrogen-bond donors (Lipinski definition) is 3. The molecule has 372 valence electrons. The predicted molar refractivity (Wildman–Crippen MR) is 250 cm³/mol. The molecule has 0 aromatic heterocycles. The summed E-state index contributed by atoms with van der Waals surface area (Å²) in [6.45, 7) is 14.3. The van der Waals surface area contributed by atoms with Crippen molar-refractivity contribution in [2.24, 2.45) is 35.5 Å². The van der Waals surface area contributed by atoms with Crippen molar-refractivity contribution in [3.05, 3.63) is 47.6 Å². The number of cyclic esters (lactones) is 1. The summed E-state index contributed by atoms with van der Waals surface area (Å²) in [6.07, 6.45) is 11.0. The normalized spacial score (nSPS) is 41.1. The van der Waals surface area contributed by atoms with Crippen molar-refractivity contribution in [3.8, 4) is 0 Å². The summed E-state index contributed by atoms with van der Waals surface area (Å²) in [6, 6.07) is 0. The number of piperidine rings is 1. The summed E-state index contributed by atoms with van der Waals surface area (Å²) in [5, 5.41) is 34.0. The maximum atomic E-state index is 14.7. The van der Waals surface area contributed by atoms with Gasteiger partial charge in [-0.15, -0.1) is 0 Å². The van der Waals surface area contributed by atoms with Crippen molar-refractivity contribution in [2.45, 2.75) is 186 Å². The van der Waals surface area contributed by atoms with E-state index in [1.165, 1.54) is 12.0 Å². The summed E-state index contributed by atoms with van der Waals surface area (Å²) < 4.78 is 29.5. The highest BCUT2D eigenvalue weighted by Crippen LogP contribution is 2.39. The number of rotatable bonds is 6. The molecule has 1 aliphatic carbocycles. The van der Waals surface area contributed by atoms with Crippen molar-refractivity contribution in [3.63, 3.8) is 0 Å². The maximum absolute atomic E-state index is 14.7. The zero-order chi connectivity index (χ0) is 49.1. The van der Waals surface area contributed by atoms with Crippen LogP contribution in [0.1, 0.15) is 132 Å². The molecule has 0 radical (unpaired) electrons. The molecule has 0 spiro atoms. The Labute approximate surface area is 393 Å². The number of nitrogens with zero attached hydrogens (tertiary/aromatic N) is 1. The fraction of sp³-hybridized carbons (Fsp3) is 0.750. The molecule has 4 rings (SSSR count). The standard InChI is InChI=1S/C52H81NO13/c1-31-17-13-12-14-18-32(2)42(62-9)29-39-21-19-37(7)52(61,66-39)48(58)49(59)53-24-16-15-23-51(53,8)50(60)65-43(34(4)27-38-20-22-40(54)44(28-38)63-10)30-41(55)33(3)26-36(6)46(57)47(64-11)45(56)35(5)25-31/h12-14,17-18,26,31,33-35,37-40,42-44,46-47,54,57,61H,15-16,19-25,27-30H2,1-11H3/b14-12+,17-13+,32-18+,36-26+/t31-,33-,34-,35-,37-,38+,39?,40-,42+,43+,44-,46-,47+,51+,52-/m1/s1. The number of methoxy groups -OCH3 is 3. The van der Waals surface area contributed by atoms with Gasteiger partial charge in [-0.05, 0) is 114 Å². The fourth-order valence-corrected chi connectivity index (χ4v) is 10.4. The van der Waals surface area contributed by atoms with Crippen LogP contribution < -0.4 is 0 Å². The molecule has 0 aromatic carbocycles. The number of carbonyl (C=O) groups is 5. The molecule has 2 saturated heterocycles. The van der Waals surface area contributed by atoms with Gasteiger partial charge in [-0.3, -0.25) is 19.2 Å². The zero-order valence-corrected chi connectivity index (χ0v) is 41.5. The first-order valence-electron chi connectivity index (χ1n) is 24.3. The van der Waals surface area contributed by atoms with E-state index in [0.29, 0.717) is 63.4 Å². The number of ether oxygens (including phenoxy) is 5. The van der Waals surface area contributed by atoms with Gasteiger partial charge >= 0.3 is 5.97 Å². The van der Waals surface area contributed by atoms with E-state index in [-0.39, 0.29) is 54.8 Å². The summed E-state index contributed by atoms with van der Waals surface area (Å²) in [5.74, 6) is -8.07. The smallest absolute Gasteiger partial charge is 0.332 e. The number of amides is 1. The molecule has 1 amide bonds. The first-order valence-corrected chi connectivity index (χ1v) is 24.3. The van der Waals surface area contributed by atoms with Gasteiger partial charge in [-0.25, -0.2) is 4.79 Å². The lowest BCUT2D eigenvalue weighted by Gasteiger charge is -2.46. The van der Waals surface area contributed by atoms with Crippen LogP contribution in [0.2, 0.25) is 0 Å². The molecule has 1 saturated carbocycles. The summed E-state index contributed by atoms with van der Waals surface area (Å²) >= 11 is 0. The number of Topliss-reactive ketones (excluding diaryl/α,β-unsaturated/α-hetero) is 3. The minimum atomic E-state index is -2.45. The number of allylic oxidation sites excluding steroid dienone is 6. The predicted octanol–water partition coefficient (Wildman–Crippen LogP) is 6.57. The highest BCUT2D eigenvalue weighted by atomic mass is 16.6. The lowest BCUT2D eigenvalue weighted by Crippen LogP contribution is -2.64. The van der Waals surface area contributed by atoms with Crippen LogP contribution in [0.15, 0.2) is 47.6 Å². The number of esters is 1. The molecule has 14 heteroatoms. The Balaban J connectivity index is 1.73. The van der Waals surface area contributed by atoms with Crippen LogP contribution in [-0.2, 0) is 47.7 Å². The Bertz CT molecular complexity index is 1810. The quantitative estimate of drug-likeness (QED) is 0.147. The molecule has 1 unspecified atom stereocenters. The highest BCUT2D eigenvalue weighted by Gasteiger charge is 2.55. The van der Waals surface area contributed by atoms with Crippen molar-refractivity contribution >= 4 is 29.2 Å². The van der Waals surface area contributed by atoms with Crippen molar-refractivity contribution in [2.75, 3.05) is 27.9 Å². The second-order valence-electron chi connectivity index (χ2n) is 20.2. The van der Waals surface area contributed by atoms with Gasteiger partial charge in [0, 0.05) is 58.5 Å². The molecule has 66 heavy (non-hydrogen) atoms. The van der Waals surface area contributed by atoms with Crippen LogP contribution >= 0.6 is 0 Å². The van der Waals surface area contributed by atoms with Gasteiger partial charge < -0.3 is 43.9 Å². The summed E-state index contributed by atoms with van der Waals surface area (Å²) in [7, 11) is 4.52. The average molecular weight is 928 g/mol. The molecule has 3 heterocycles. The third kappa shape index (κ3) is 13.7. The Morgan fingerprint density at radius 3 is 2.24 bits per heavy atom. The lowest BCUT2D eigenvalue weighted by molar-refractivity contribution is -0.266. The SMILES string of the molecule is CO[C@H]1CC2CC[C@@H](C)[C@@](O)(O2)C(=O)C(=O)N2CCCC[C@@]2(C)C(=O)O[C@H]([C@H](C)C[C@@H]2CC[C@@H](O)[C@H](OC)C2)CC(=O)[C@H](C)/C=C(\C)[C@@H](O)[C@@H](OC)C(=O)[C@H](C)C[C@H](C)/C=C/C=C/C=C/1C. The van der Waals surface area contributed by atoms with Crippen LogP contribution in [0.4, 0.5) is 0 Å². The Morgan fingerprint density at radius 1 is 0.864 bits per heavy atom. The number of fused-ring (bicyclic) bond motifs is 3. The van der Waals surface area contributed by atoms with Gasteiger partial charge in [0.15, 0.2) is 5.78 Å². The zero-order valence-electron chi connectivity index (χ0n) is 41.5. The molecule has 3 fully saturated rings. The topological polar surface area (TPSA) is 195 Å². The molecular formula is C52H81NO13. The lowest BCUT2D eigenvalue weighted by atomic mass is 9.78. The van der Waals surface area contributed by atoms with Crippen molar-refractivity contribution in [1.29, 1.82) is 0 Å². The van der Waals surface area contributed by atoms with E-state index < -0.39 is 83.4 Å². The average Bonchev–Trinajstić information content (AvgIpc) is 3.28. The van der Waals surface area contributed by atoms with Crippen LogP contribution in [0.25, 0.3) is 0 Å². The van der Waals surface area contributed by atoms with Gasteiger partial charge in [-0.2, -0.15) is 0 Å². The van der Waals surface area contributed by atoms with E-state index in [0.717, 1.165) is 12.0 Å². The molecule has 2 bridgehead atoms. The van der Waals surface area contributed by atoms with E-state index in [4.69, 9.17) is 23.7 Å². The van der Waals surface area contributed by atoms with Gasteiger partial charge in [-0.1, -0.05) is 71.1 Å². The van der Waals surface area contributed by atoms with Gasteiger partial charge in [0.2, 0.25) is 5.79 Å². The van der Waals surface area contributed by atoms with Crippen LogP contribution in [0.3, 0.4) is 0 Å². The Morgan fingerprint density at radius 2 is 1.58 bits per heavy atom. The van der Waals surface area contributed by atoms with E-state index in [1.54, 1.807) is 48.0 Å².